The second-order valence-corrected chi connectivity index (χ2v) is 8.70. The minimum absolute atomic E-state index is 0.0711. The summed E-state index contributed by atoms with van der Waals surface area (Å²) in [5.41, 5.74) is 4.27. The van der Waals surface area contributed by atoms with Gasteiger partial charge in [-0.05, 0) is 54.8 Å². The number of nitrogens with one attached hydrogen (secondary N) is 2. The summed E-state index contributed by atoms with van der Waals surface area (Å²) in [4.78, 5) is 28.2. The normalized spacial score (nSPS) is 17.7. The number of benzene rings is 2. The first-order valence-electron chi connectivity index (χ1n) is 11.0. The second-order valence-electron chi connectivity index (χ2n) is 8.26. The monoisotopic (exact) mass is 461 g/mol. The molecule has 5 rings (SSSR count). The summed E-state index contributed by atoms with van der Waals surface area (Å²) in [7, 11) is 0. The molecule has 1 aliphatic carbocycles. The minimum Gasteiger partial charge on any atom is -0.467 e. The molecule has 0 spiro atoms. The van der Waals surface area contributed by atoms with Crippen LogP contribution < -0.4 is 15.5 Å². The molecule has 0 bridgehead atoms. The van der Waals surface area contributed by atoms with Crippen molar-refractivity contribution in [3.05, 3.63) is 94.5 Å². The number of furan rings is 1. The van der Waals surface area contributed by atoms with Crippen LogP contribution in [0.4, 0.5) is 11.4 Å². The van der Waals surface area contributed by atoms with Crippen molar-refractivity contribution in [2.24, 2.45) is 0 Å². The van der Waals surface area contributed by atoms with Crippen LogP contribution in [0.3, 0.4) is 0 Å². The molecule has 0 unspecified atom stereocenters. The maximum absolute atomic E-state index is 13.1. The lowest BCUT2D eigenvalue weighted by molar-refractivity contribution is -0.120. The fourth-order valence-corrected chi connectivity index (χ4v) is 4.66. The molecule has 2 aliphatic rings. The van der Waals surface area contributed by atoms with E-state index in [4.69, 9.17) is 16.0 Å². The number of amides is 1. The number of halogens is 1. The van der Waals surface area contributed by atoms with Gasteiger partial charge in [0, 0.05) is 29.3 Å². The molecular weight excluding hydrogens is 438 g/mol. The predicted molar refractivity (Wildman–Crippen MR) is 128 cm³/mol. The summed E-state index contributed by atoms with van der Waals surface area (Å²) in [6, 6.07) is 18.4. The first-order valence-corrected chi connectivity index (χ1v) is 11.4. The SMILES string of the molecule is O=C(CN1c2ccccc2NC2=C(C(=O)CCC2)[C@@H]1c1ccco1)NCc1ccc(Cl)cc1. The van der Waals surface area contributed by atoms with Crippen LogP contribution in [0.15, 0.2) is 82.6 Å². The van der Waals surface area contributed by atoms with E-state index in [1.165, 1.54) is 0 Å². The summed E-state index contributed by atoms with van der Waals surface area (Å²) < 4.78 is 5.79. The number of allylic oxidation sites excluding steroid dienone is 1. The Hall–Kier alpha value is -3.51. The van der Waals surface area contributed by atoms with E-state index in [2.05, 4.69) is 10.6 Å². The van der Waals surface area contributed by atoms with E-state index in [1.807, 2.05) is 53.4 Å². The van der Waals surface area contributed by atoms with Gasteiger partial charge in [0.05, 0.1) is 24.2 Å². The van der Waals surface area contributed by atoms with Gasteiger partial charge in [0.15, 0.2) is 5.78 Å². The zero-order valence-electron chi connectivity index (χ0n) is 18.0. The number of hydrogen-bond acceptors (Lipinski definition) is 5. The Morgan fingerprint density at radius 3 is 2.70 bits per heavy atom. The van der Waals surface area contributed by atoms with Gasteiger partial charge in [-0.2, -0.15) is 0 Å². The number of Topliss-reactive ketones (excluding diaryl/α,β-unsaturated/α-hetero) is 1. The van der Waals surface area contributed by atoms with Crippen LogP contribution in [0.2, 0.25) is 5.02 Å². The predicted octanol–water partition coefficient (Wildman–Crippen LogP) is 5.23. The molecule has 2 N–H and O–H groups in total. The van der Waals surface area contributed by atoms with Gasteiger partial charge < -0.3 is 20.0 Å². The molecule has 0 fully saturated rings. The summed E-state index contributed by atoms with van der Waals surface area (Å²) in [6.07, 6.45) is 3.68. The smallest absolute Gasteiger partial charge is 0.239 e. The third kappa shape index (κ3) is 4.39. The third-order valence-corrected chi connectivity index (χ3v) is 6.32. The lowest BCUT2D eigenvalue weighted by Crippen LogP contribution is -2.41. The zero-order valence-corrected chi connectivity index (χ0v) is 18.8. The van der Waals surface area contributed by atoms with Crippen LogP contribution >= 0.6 is 11.6 Å². The van der Waals surface area contributed by atoms with Gasteiger partial charge in [-0.25, -0.2) is 0 Å². The van der Waals surface area contributed by atoms with E-state index < -0.39 is 6.04 Å². The number of carbonyl (C=O) groups is 2. The summed E-state index contributed by atoms with van der Waals surface area (Å²) in [5.74, 6) is 0.579. The Labute approximate surface area is 197 Å². The molecule has 1 aliphatic heterocycles. The van der Waals surface area contributed by atoms with Gasteiger partial charge in [-0.1, -0.05) is 35.9 Å². The fourth-order valence-electron chi connectivity index (χ4n) is 4.53. The molecule has 1 amide bonds. The number of ketones is 1. The molecule has 168 valence electrons. The van der Waals surface area contributed by atoms with Crippen LogP contribution in [0, 0.1) is 0 Å². The maximum atomic E-state index is 13.1. The van der Waals surface area contributed by atoms with Crippen LogP contribution in [-0.2, 0) is 16.1 Å². The highest BCUT2D eigenvalue weighted by atomic mass is 35.5. The van der Waals surface area contributed by atoms with Gasteiger partial charge in [0.25, 0.3) is 0 Å². The van der Waals surface area contributed by atoms with Crippen molar-refractivity contribution in [1.82, 2.24) is 5.32 Å². The van der Waals surface area contributed by atoms with Crippen molar-refractivity contribution in [3.63, 3.8) is 0 Å². The summed E-state index contributed by atoms with van der Waals surface area (Å²) in [6.45, 7) is 0.462. The fraction of sp³-hybridized carbons (Fsp3) is 0.231. The van der Waals surface area contributed by atoms with E-state index >= 15 is 0 Å². The number of para-hydroxylation sites is 2. The van der Waals surface area contributed by atoms with E-state index in [0.29, 0.717) is 29.3 Å². The molecule has 0 saturated carbocycles. The Balaban J connectivity index is 1.50. The molecular formula is C26H24ClN3O3. The van der Waals surface area contributed by atoms with E-state index in [0.717, 1.165) is 35.5 Å². The van der Waals surface area contributed by atoms with Gasteiger partial charge >= 0.3 is 0 Å². The van der Waals surface area contributed by atoms with Crippen molar-refractivity contribution in [1.29, 1.82) is 0 Å². The molecule has 1 aromatic heterocycles. The maximum Gasteiger partial charge on any atom is 0.239 e. The standard InChI is InChI=1S/C26H24ClN3O3/c27-18-12-10-17(11-13-18)15-28-24(32)16-30-21-7-2-1-5-19(21)29-20-6-3-8-22(31)25(20)26(30)23-9-4-14-33-23/h1-2,4-5,7,9-14,26,29H,3,6,8,15-16H2,(H,28,32)/t26-/m0/s1. The molecule has 6 nitrogen and oxygen atoms in total. The summed E-state index contributed by atoms with van der Waals surface area (Å²) in [5, 5.41) is 7.13. The number of carbonyl (C=O) groups excluding carboxylic acids is 2. The largest absolute Gasteiger partial charge is 0.467 e. The first kappa shape index (κ1) is 21.3. The van der Waals surface area contributed by atoms with Crippen molar-refractivity contribution in [3.8, 4) is 0 Å². The van der Waals surface area contributed by atoms with Crippen LogP contribution in [0.5, 0.6) is 0 Å². The highest BCUT2D eigenvalue weighted by Gasteiger charge is 2.38. The van der Waals surface area contributed by atoms with Gasteiger partial charge in [0.1, 0.15) is 11.8 Å². The van der Waals surface area contributed by atoms with Crippen LogP contribution in [0.1, 0.15) is 36.6 Å². The third-order valence-electron chi connectivity index (χ3n) is 6.07. The number of nitrogens with zero attached hydrogens (tertiary/aromatic N) is 1. The highest BCUT2D eigenvalue weighted by Crippen LogP contribution is 2.44. The van der Waals surface area contributed by atoms with Crippen LogP contribution in [0.25, 0.3) is 0 Å². The van der Waals surface area contributed by atoms with Gasteiger partial charge in [-0.3, -0.25) is 9.59 Å². The Morgan fingerprint density at radius 1 is 1.09 bits per heavy atom. The van der Waals surface area contributed by atoms with E-state index in [9.17, 15) is 9.59 Å². The number of fused-ring (bicyclic) bond motifs is 1. The number of rotatable bonds is 5. The number of anilines is 2. The van der Waals surface area contributed by atoms with E-state index in [1.54, 1.807) is 18.4 Å². The first-order chi connectivity index (χ1) is 16.1. The lowest BCUT2D eigenvalue weighted by Gasteiger charge is -2.33. The minimum atomic E-state index is -0.486. The average molecular weight is 462 g/mol. The Kier molecular flexibility index (Phi) is 5.92. The van der Waals surface area contributed by atoms with Crippen LogP contribution in [-0.4, -0.2) is 18.2 Å². The van der Waals surface area contributed by atoms with Gasteiger partial charge in [0.2, 0.25) is 5.91 Å². The molecule has 7 heteroatoms. The molecule has 2 heterocycles. The van der Waals surface area contributed by atoms with Crippen molar-refractivity contribution >= 4 is 34.7 Å². The molecule has 0 saturated heterocycles. The van der Waals surface area contributed by atoms with Crippen molar-refractivity contribution < 1.29 is 14.0 Å². The molecule has 2 aromatic carbocycles. The van der Waals surface area contributed by atoms with Gasteiger partial charge in [-0.15, -0.1) is 0 Å². The highest BCUT2D eigenvalue weighted by molar-refractivity contribution is 6.30. The Morgan fingerprint density at radius 2 is 1.91 bits per heavy atom. The average Bonchev–Trinajstić information content (AvgIpc) is 3.30. The number of hydrogen-bond donors (Lipinski definition) is 2. The van der Waals surface area contributed by atoms with Crippen molar-refractivity contribution in [2.75, 3.05) is 16.8 Å². The second kappa shape index (κ2) is 9.16. The quantitative estimate of drug-likeness (QED) is 0.544. The van der Waals surface area contributed by atoms with E-state index in [-0.39, 0.29) is 18.2 Å². The molecule has 1 atom stereocenters. The summed E-state index contributed by atoms with van der Waals surface area (Å²) >= 11 is 5.96. The molecule has 33 heavy (non-hydrogen) atoms. The topological polar surface area (TPSA) is 74.6 Å². The molecule has 3 aromatic rings. The Bertz CT molecular complexity index is 1200. The lowest BCUT2D eigenvalue weighted by atomic mass is 9.88. The zero-order chi connectivity index (χ0) is 22.8. The molecule has 0 radical (unpaired) electrons. The van der Waals surface area contributed by atoms with Crippen molar-refractivity contribution in [2.45, 2.75) is 31.8 Å².